The molecular formula is C9H13N3O3. The molecule has 1 saturated carbocycles. The highest BCUT2D eigenvalue weighted by Crippen LogP contribution is 2.35. The van der Waals surface area contributed by atoms with Crippen molar-refractivity contribution in [3.05, 3.63) is 11.4 Å². The molecule has 0 amide bonds. The van der Waals surface area contributed by atoms with E-state index in [1.54, 1.807) is 11.8 Å². The summed E-state index contributed by atoms with van der Waals surface area (Å²) in [6.45, 7) is 0.486. The highest BCUT2D eigenvalue weighted by atomic mass is 16.5. The number of carboxylic acids is 1. The molecule has 0 atom stereocenters. The molecule has 1 heterocycles. The second kappa shape index (κ2) is 3.98. The molecule has 1 aliphatic rings. The summed E-state index contributed by atoms with van der Waals surface area (Å²) in [7, 11) is 1.59. The molecule has 0 bridgehead atoms. The molecule has 0 unspecified atom stereocenters. The molecule has 1 aromatic rings. The molecule has 6 nitrogen and oxygen atoms in total. The molecular weight excluding hydrogens is 198 g/mol. The van der Waals surface area contributed by atoms with Gasteiger partial charge < -0.3 is 9.84 Å². The molecule has 2 rings (SSSR count). The molecule has 6 heteroatoms. The number of aromatic carboxylic acids is 1. The van der Waals surface area contributed by atoms with E-state index in [9.17, 15) is 4.79 Å². The van der Waals surface area contributed by atoms with Crippen LogP contribution in [0, 0.1) is 0 Å². The first kappa shape index (κ1) is 10.1. The minimum Gasteiger partial charge on any atom is -0.476 e. The van der Waals surface area contributed by atoms with Crippen molar-refractivity contribution in [3.8, 4) is 0 Å². The number of methoxy groups -OCH3 is 1. The van der Waals surface area contributed by atoms with Crippen LogP contribution in [0.2, 0.25) is 0 Å². The van der Waals surface area contributed by atoms with Gasteiger partial charge in [0.2, 0.25) is 0 Å². The Morgan fingerprint density at radius 1 is 1.67 bits per heavy atom. The first-order chi connectivity index (χ1) is 7.24. The minimum atomic E-state index is -1.02. The lowest BCUT2D eigenvalue weighted by atomic mass is 10.2. The molecule has 1 aliphatic carbocycles. The van der Waals surface area contributed by atoms with Crippen LogP contribution >= 0.6 is 0 Å². The minimum absolute atomic E-state index is 0.0546. The van der Waals surface area contributed by atoms with Crippen LogP contribution in [0.3, 0.4) is 0 Å². The molecule has 0 spiro atoms. The average molecular weight is 211 g/mol. The summed E-state index contributed by atoms with van der Waals surface area (Å²) in [5, 5.41) is 16.5. The molecule has 1 N–H and O–H groups in total. The Labute approximate surface area is 86.8 Å². The fraction of sp³-hybridized carbons (Fsp3) is 0.667. The van der Waals surface area contributed by atoms with Gasteiger partial charge in [-0.3, -0.25) is 0 Å². The first-order valence-corrected chi connectivity index (χ1v) is 4.90. The lowest BCUT2D eigenvalue weighted by Crippen LogP contribution is -2.09. The van der Waals surface area contributed by atoms with Crippen molar-refractivity contribution in [3.63, 3.8) is 0 Å². The van der Waals surface area contributed by atoms with Gasteiger partial charge in [-0.1, -0.05) is 5.21 Å². The third-order valence-electron chi connectivity index (χ3n) is 2.43. The van der Waals surface area contributed by atoms with Crippen molar-refractivity contribution in [2.45, 2.75) is 25.3 Å². The number of carboxylic acid groups (broad SMARTS) is 1. The van der Waals surface area contributed by atoms with Crippen molar-refractivity contribution in [2.24, 2.45) is 0 Å². The second-order valence-electron chi connectivity index (χ2n) is 3.61. The van der Waals surface area contributed by atoms with Crippen LogP contribution in [-0.2, 0) is 11.2 Å². The zero-order chi connectivity index (χ0) is 10.8. The fourth-order valence-electron chi connectivity index (χ4n) is 1.52. The third-order valence-corrected chi connectivity index (χ3v) is 2.43. The van der Waals surface area contributed by atoms with Crippen molar-refractivity contribution in [1.82, 2.24) is 15.0 Å². The summed E-state index contributed by atoms with van der Waals surface area (Å²) < 4.78 is 6.67. The van der Waals surface area contributed by atoms with Crippen molar-refractivity contribution < 1.29 is 14.6 Å². The van der Waals surface area contributed by atoms with Gasteiger partial charge in [0.25, 0.3) is 0 Å². The van der Waals surface area contributed by atoms with E-state index in [2.05, 4.69) is 10.3 Å². The number of carbonyl (C=O) groups is 1. The molecule has 0 aliphatic heterocycles. The Balaban J connectivity index is 2.26. The average Bonchev–Trinajstić information content (AvgIpc) is 2.95. The Morgan fingerprint density at radius 2 is 2.40 bits per heavy atom. The van der Waals surface area contributed by atoms with E-state index in [-0.39, 0.29) is 5.69 Å². The van der Waals surface area contributed by atoms with Crippen LogP contribution in [-0.4, -0.2) is 39.8 Å². The standard InChI is InChI=1S/C9H13N3O3/c1-15-5-4-7-8(9(13)14)10-11-12(7)6-2-3-6/h6H,2-5H2,1H3,(H,13,14). The number of nitrogens with zero attached hydrogens (tertiary/aromatic N) is 3. The largest absolute Gasteiger partial charge is 0.476 e. The van der Waals surface area contributed by atoms with Crippen molar-refractivity contribution in [2.75, 3.05) is 13.7 Å². The van der Waals surface area contributed by atoms with Gasteiger partial charge >= 0.3 is 5.97 Å². The highest BCUT2D eigenvalue weighted by molar-refractivity contribution is 5.86. The third kappa shape index (κ3) is 1.99. The summed E-state index contributed by atoms with van der Waals surface area (Å²) in [6.07, 6.45) is 2.66. The second-order valence-corrected chi connectivity index (χ2v) is 3.61. The number of aromatic nitrogens is 3. The van der Waals surface area contributed by atoms with Gasteiger partial charge in [-0.15, -0.1) is 5.10 Å². The first-order valence-electron chi connectivity index (χ1n) is 4.90. The lowest BCUT2D eigenvalue weighted by molar-refractivity contribution is 0.0688. The fourth-order valence-corrected chi connectivity index (χ4v) is 1.52. The topological polar surface area (TPSA) is 77.2 Å². The molecule has 1 fully saturated rings. The molecule has 0 radical (unpaired) electrons. The van der Waals surface area contributed by atoms with E-state index >= 15 is 0 Å². The number of hydrogen-bond donors (Lipinski definition) is 1. The quantitative estimate of drug-likeness (QED) is 0.767. The highest BCUT2D eigenvalue weighted by Gasteiger charge is 2.30. The van der Waals surface area contributed by atoms with Crippen molar-refractivity contribution in [1.29, 1.82) is 0 Å². The number of hydrogen-bond acceptors (Lipinski definition) is 4. The van der Waals surface area contributed by atoms with Crippen LogP contribution in [0.4, 0.5) is 0 Å². The van der Waals surface area contributed by atoms with Crippen LogP contribution in [0.1, 0.15) is 35.1 Å². The Bertz CT molecular complexity index is 371. The summed E-state index contributed by atoms with van der Waals surface area (Å²) in [6, 6.07) is 0.345. The lowest BCUT2D eigenvalue weighted by Gasteiger charge is -2.04. The Hall–Kier alpha value is -1.43. The maximum atomic E-state index is 10.9. The maximum Gasteiger partial charge on any atom is 0.358 e. The van der Waals surface area contributed by atoms with E-state index < -0.39 is 5.97 Å². The zero-order valence-electron chi connectivity index (χ0n) is 8.51. The molecule has 0 saturated heterocycles. The van der Waals surface area contributed by atoms with Crippen LogP contribution in [0.15, 0.2) is 0 Å². The summed E-state index contributed by atoms with van der Waals surface area (Å²) >= 11 is 0. The number of rotatable bonds is 5. The predicted octanol–water partition coefficient (Wildman–Crippen LogP) is 0.500. The monoisotopic (exact) mass is 211 g/mol. The van der Waals surface area contributed by atoms with Crippen LogP contribution < -0.4 is 0 Å². The van der Waals surface area contributed by atoms with E-state index in [0.29, 0.717) is 24.8 Å². The van der Waals surface area contributed by atoms with Crippen molar-refractivity contribution >= 4 is 5.97 Å². The Kier molecular flexibility index (Phi) is 2.68. The van der Waals surface area contributed by atoms with Gasteiger partial charge in [-0.25, -0.2) is 9.48 Å². The van der Waals surface area contributed by atoms with Crippen LogP contribution in [0.25, 0.3) is 0 Å². The van der Waals surface area contributed by atoms with Crippen LogP contribution in [0.5, 0.6) is 0 Å². The molecule has 0 aromatic carbocycles. The predicted molar refractivity (Wildman–Crippen MR) is 50.8 cm³/mol. The summed E-state index contributed by atoms with van der Waals surface area (Å²) in [5.41, 5.74) is 0.728. The van der Waals surface area contributed by atoms with Gasteiger partial charge in [0.05, 0.1) is 18.3 Å². The molecule has 15 heavy (non-hydrogen) atoms. The zero-order valence-corrected chi connectivity index (χ0v) is 8.51. The Morgan fingerprint density at radius 3 is 2.93 bits per heavy atom. The van der Waals surface area contributed by atoms with E-state index in [1.807, 2.05) is 0 Å². The van der Waals surface area contributed by atoms with E-state index in [4.69, 9.17) is 9.84 Å². The number of ether oxygens (including phenoxy) is 1. The maximum absolute atomic E-state index is 10.9. The summed E-state index contributed by atoms with van der Waals surface area (Å²) in [4.78, 5) is 10.9. The smallest absolute Gasteiger partial charge is 0.358 e. The summed E-state index contributed by atoms with van der Waals surface area (Å²) in [5.74, 6) is -1.02. The van der Waals surface area contributed by atoms with E-state index in [0.717, 1.165) is 12.8 Å². The van der Waals surface area contributed by atoms with Gasteiger partial charge in [-0.2, -0.15) is 0 Å². The molecule has 82 valence electrons. The molecule has 1 aromatic heterocycles. The SMILES string of the molecule is COCCc1c(C(=O)O)nnn1C1CC1. The van der Waals surface area contributed by atoms with Gasteiger partial charge in [0, 0.05) is 13.5 Å². The van der Waals surface area contributed by atoms with Gasteiger partial charge in [0.1, 0.15) is 0 Å². The van der Waals surface area contributed by atoms with E-state index in [1.165, 1.54) is 0 Å². The van der Waals surface area contributed by atoms with Gasteiger partial charge in [0.15, 0.2) is 5.69 Å². The normalized spacial score (nSPS) is 15.5. The van der Waals surface area contributed by atoms with Gasteiger partial charge in [-0.05, 0) is 12.8 Å².